The van der Waals surface area contributed by atoms with Gasteiger partial charge >= 0.3 is 0 Å². The van der Waals surface area contributed by atoms with Crippen molar-refractivity contribution >= 4 is 39.1 Å². The van der Waals surface area contributed by atoms with Crippen LogP contribution in [0.1, 0.15) is 11.1 Å². The number of rotatable bonds is 6. The number of hydrogen-bond acceptors (Lipinski definition) is 4. The molecule has 7 heteroatoms. The van der Waals surface area contributed by atoms with E-state index in [1.807, 2.05) is 19.1 Å². The van der Waals surface area contributed by atoms with Crippen molar-refractivity contribution in [2.45, 2.75) is 11.8 Å². The summed E-state index contributed by atoms with van der Waals surface area (Å²) in [5.41, 5.74) is 9.04. The number of amides is 1. The fourth-order valence-corrected chi connectivity index (χ4v) is 3.61. The molecule has 0 aromatic heterocycles. The van der Waals surface area contributed by atoms with Gasteiger partial charge in [-0.2, -0.15) is 0 Å². The van der Waals surface area contributed by atoms with E-state index in [1.54, 1.807) is 54.6 Å². The fraction of sp³-hybridized carbons (Fsp3) is 0.0455. The Morgan fingerprint density at radius 1 is 0.931 bits per heavy atom. The zero-order valence-corrected chi connectivity index (χ0v) is 16.6. The molecule has 0 spiro atoms. The van der Waals surface area contributed by atoms with Gasteiger partial charge in [0.15, 0.2) is 0 Å². The van der Waals surface area contributed by atoms with Crippen LogP contribution in [-0.2, 0) is 14.8 Å². The second-order valence-corrected chi connectivity index (χ2v) is 8.13. The van der Waals surface area contributed by atoms with E-state index in [0.717, 1.165) is 5.56 Å². The number of carbonyl (C=O) groups excluding carboxylic acids is 1. The molecule has 3 aromatic carbocycles. The molecule has 148 valence electrons. The van der Waals surface area contributed by atoms with E-state index >= 15 is 0 Å². The molecule has 0 unspecified atom stereocenters. The number of anilines is 3. The van der Waals surface area contributed by atoms with Crippen LogP contribution in [0.4, 0.5) is 17.1 Å². The van der Waals surface area contributed by atoms with Crippen molar-refractivity contribution < 1.29 is 13.2 Å². The van der Waals surface area contributed by atoms with E-state index in [-0.39, 0.29) is 10.8 Å². The summed E-state index contributed by atoms with van der Waals surface area (Å²) in [7, 11) is -3.69. The molecule has 3 rings (SSSR count). The second-order valence-electron chi connectivity index (χ2n) is 6.45. The van der Waals surface area contributed by atoms with Gasteiger partial charge in [-0.3, -0.25) is 9.52 Å². The summed E-state index contributed by atoms with van der Waals surface area (Å²) in [5, 5.41) is 2.69. The van der Waals surface area contributed by atoms with Gasteiger partial charge in [0.1, 0.15) is 0 Å². The van der Waals surface area contributed by atoms with Crippen LogP contribution in [0.2, 0.25) is 0 Å². The summed E-state index contributed by atoms with van der Waals surface area (Å²) in [4.78, 5) is 12.2. The third-order valence-electron chi connectivity index (χ3n) is 4.14. The van der Waals surface area contributed by atoms with E-state index in [0.29, 0.717) is 22.6 Å². The van der Waals surface area contributed by atoms with Crippen LogP contribution in [0.3, 0.4) is 0 Å². The summed E-state index contributed by atoms with van der Waals surface area (Å²) in [5.74, 6) is -0.333. The van der Waals surface area contributed by atoms with E-state index < -0.39 is 10.0 Å². The molecule has 0 atom stereocenters. The molecule has 4 N–H and O–H groups in total. The number of nitrogens with one attached hydrogen (secondary N) is 2. The van der Waals surface area contributed by atoms with Crippen molar-refractivity contribution in [1.82, 2.24) is 0 Å². The lowest BCUT2D eigenvalue weighted by Gasteiger charge is -2.08. The number of sulfonamides is 1. The highest BCUT2D eigenvalue weighted by Crippen LogP contribution is 2.18. The SMILES string of the molecule is Cc1ccc(NS(=O)(=O)c2ccc(C=CC(=O)Nc3ccccc3N)cc2)cc1. The molecule has 29 heavy (non-hydrogen) atoms. The first kappa shape index (κ1) is 20.2. The summed E-state index contributed by atoms with van der Waals surface area (Å²) < 4.78 is 27.5. The fourth-order valence-electron chi connectivity index (χ4n) is 2.55. The van der Waals surface area contributed by atoms with Gasteiger partial charge in [0, 0.05) is 11.8 Å². The Morgan fingerprint density at radius 2 is 1.59 bits per heavy atom. The van der Waals surface area contributed by atoms with Gasteiger partial charge in [-0.15, -0.1) is 0 Å². The standard InChI is InChI=1S/C22H21N3O3S/c1-16-6-11-18(12-7-16)25-29(27,28)19-13-8-17(9-14-19)10-15-22(26)24-21-5-3-2-4-20(21)23/h2-15,25H,23H2,1H3,(H,24,26). The summed E-state index contributed by atoms with van der Waals surface area (Å²) in [6.07, 6.45) is 2.96. The zero-order valence-electron chi connectivity index (χ0n) is 15.8. The number of benzene rings is 3. The van der Waals surface area contributed by atoms with Crippen molar-refractivity contribution in [2.75, 3.05) is 15.8 Å². The number of nitrogens with two attached hydrogens (primary N) is 1. The largest absolute Gasteiger partial charge is 0.397 e. The van der Waals surface area contributed by atoms with Crippen LogP contribution in [-0.4, -0.2) is 14.3 Å². The predicted molar refractivity (Wildman–Crippen MR) is 117 cm³/mol. The van der Waals surface area contributed by atoms with Gasteiger partial charge in [-0.1, -0.05) is 42.0 Å². The van der Waals surface area contributed by atoms with Crippen molar-refractivity contribution in [2.24, 2.45) is 0 Å². The summed E-state index contributed by atoms with van der Waals surface area (Å²) >= 11 is 0. The van der Waals surface area contributed by atoms with Crippen LogP contribution in [0.25, 0.3) is 6.08 Å². The van der Waals surface area contributed by atoms with Gasteiger partial charge in [0.25, 0.3) is 10.0 Å². The average molecular weight is 407 g/mol. The number of nitrogen functional groups attached to an aromatic ring is 1. The highest BCUT2D eigenvalue weighted by atomic mass is 32.2. The maximum Gasteiger partial charge on any atom is 0.261 e. The minimum atomic E-state index is -3.69. The minimum Gasteiger partial charge on any atom is -0.397 e. The minimum absolute atomic E-state index is 0.136. The lowest BCUT2D eigenvalue weighted by Crippen LogP contribution is -2.12. The monoisotopic (exact) mass is 407 g/mol. The van der Waals surface area contributed by atoms with Gasteiger partial charge < -0.3 is 11.1 Å². The van der Waals surface area contributed by atoms with Crippen molar-refractivity contribution in [1.29, 1.82) is 0 Å². The summed E-state index contributed by atoms with van der Waals surface area (Å²) in [6, 6.07) is 20.3. The highest BCUT2D eigenvalue weighted by Gasteiger charge is 2.13. The maximum atomic E-state index is 12.5. The molecule has 1 amide bonds. The topological polar surface area (TPSA) is 101 Å². The lowest BCUT2D eigenvalue weighted by atomic mass is 10.2. The molecule has 0 saturated heterocycles. The Hall–Kier alpha value is -3.58. The molecule has 6 nitrogen and oxygen atoms in total. The Bertz CT molecular complexity index is 1140. The number of para-hydroxylation sites is 2. The predicted octanol–water partition coefficient (Wildman–Crippen LogP) is 4.03. The molecule has 0 aliphatic heterocycles. The zero-order chi connectivity index (χ0) is 20.9. The Morgan fingerprint density at radius 3 is 2.24 bits per heavy atom. The normalized spacial score (nSPS) is 11.3. The Kier molecular flexibility index (Phi) is 5.99. The lowest BCUT2D eigenvalue weighted by molar-refractivity contribution is -0.111. The molecular formula is C22H21N3O3S. The smallest absolute Gasteiger partial charge is 0.261 e. The molecule has 0 radical (unpaired) electrons. The first-order valence-electron chi connectivity index (χ1n) is 8.87. The molecule has 0 saturated carbocycles. The number of hydrogen-bond donors (Lipinski definition) is 3. The van der Waals surface area contributed by atoms with Crippen molar-refractivity contribution in [3.05, 3.63) is 90.0 Å². The van der Waals surface area contributed by atoms with Crippen LogP contribution in [0.5, 0.6) is 0 Å². The van der Waals surface area contributed by atoms with E-state index in [9.17, 15) is 13.2 Å². The average Bonchev–Trinajstić information content (AvgIpc) is 2.70. The third kappa shape index (κ3) is 5.46. The Balaban J connectivity index is 1.66. The quantitative estimate of drug-likeness (QED) is 0.424. The van der Waals surface area contributed by atoms with E-state index in [2.05, 4.69) is 10.0 Å². The highest BCUT2D eigenvalue weighted by molar-refractivity contribution is 7.92. The molecule has 0 fully saturated rings. The van der Waals surface area contributed by atoms with Crippen LogP contribution in [0, 0.1) is 6.92 Å². The van der Waals surface area contributed by atoms with Crippen LogP contribution >= 0.6 is 0 Å². The van der Waals surface area contributed by atoms with Crippen molar-refractivity contribution in [3.63, 3.8) is 0 Å². The van der Waals surface area contributed by atoms with Gasteiger partial charge in [-0.05, 0) is 55.0 Å². The van der Waals surface area contributed by atoms with Crippen LogP contribution in [0.15, 0.2) is 83.8 Å². The first-order valence-corrected chi connectivity index (χ1v) is 10.3. The van der Waals surface area contributed by atoms with Gasteiger partial charge in [0.05, 0.1) is 16.3 Å². The number of carbonyl (C=O) groups is 1. The molecule has 0 bridgehead atoms. The van der Waals surface area contributed by atoms with E-state index in [4.69, 9.17) is 5.73 Å². The molecule has 0 aliphatic rings. The third-order valence-corrected chi connectivity index (χ3v) is 5.54. The number of aryl methyl sites for hydroxylation is 1. The first-order chi connectivity index (χ1) is 13.8. The molecule has 0 heterocycles. The van der Waals surface area contributed by atoms with E-state index in [1.165, 1.54) is 18.2 Å². The maximum absolute atomic E-state index is 12.5. The van der Waals surface area contributed by atoms with Gasteiger partial charge in [0.2, 0.25) is 5.91 Å². The van der Waals surface area contributed by atoms with Gasteiger partial charge in [-0.25, -0.2) is 8.42 Å². The molecular weight excluding hydrogens is 386 g/mol. The van der Waals surface area contributed by atoms with Crippen molar-refractivity contribution in [3.8, 4) is 0 Å². The molecule has 0 aliphatic carbocycles. The van der Waals surface area contributed by atoms with Crippen LogP contribution < -0.4 is 15.8 Å². The summed E-state index contributed by atoms with van der Waals surface area (Å²) in [6.45, 7) is 1.93. The molecule has 3 aromatic rings. The Labute approximate surface area is 170 Å². The second kappa shape index (κ2) is 8.62.